The zero-order valence-electron chi connectivity index (χ0n) is 11.3. The molecule has 0 bridgehead atoms. The highest BCUT2D eigenvalue weighted by Crippen LogP contribution is 2.21. The molecule has 0 saturated carbocycles. The minimum atomic E-state index is -0.00653. The van der Waals surface area contributed by atoms with E-state index in [0.29, 0.717) is 6.61 Å². The van der Waals surface area contributed by atoms with Crippen LogP contribution >= 0.6 is 23.2 Å². The molecule has 0 heterocycles. The van der Waals surface area contributed by atoms with Gasteiger partial charge in [-0.15, -0.1) is 0 Å². The monoisotopic (exact) mass is 309 g/mol. The van der Waals surface area contributed by atoms with Gasteiger partial charge in [0.05, 0.1) is 12.7 Å². The van der Waals surface area contributed by atoms with Gasteiger partial charge in [-0.05, 0) is 42.4 Å². The molecule has 0 radical (unpaired) electrons. The van der Waals surface area contributed by atoms with E-state index in [0.717, 1.165) is 27.7 Å². The largest absolute Gasteiger partial charge is 0.368 e. The van der Waals surface area contributed by atoms with Gasteiger partial charge in [-0.1, -0.05) is 47.5 Å². The van der Waals surface area contributed by atoms with Crippen LogP contribution in [0.4, 0.5) is 0 Å². The average Bonchev–Trinajstić information content (AvgIpc) is 2.46. The van der Waals surface area contributed by atoms with E-state index in [9.17, 15) is 0 Å². The molecule has 0 aliphatic carbocycles. The predicted molar refractivity (Wildman–Crippen MR) is 84.4 cm³/mol. The third kappa shape index (κ3) is 4.50. The summed E-state index contributed by atoms with van der Waals surface area (Å²) in [4.78, 5) is 0. The molecule has 1 unspecified atom stereocenters. The van der Waals surface area contributed by atoms with Crippen LogP contribution in [0, 0.1) is 0 Å². The molecule has 2 nitrogen and oxygen atoms in total. The maximum Gasteiger partial charge on any atom is 0.0953 e. The lowest BCUT2D eigenvalue weighted by Crippen LogP contribution is -2.19. The van der Waals surface area contributed by atoms with Crippen molar-refractivity contribution >= 4 is 23.2 Å². The lowest BCUT2D eigenvalue weighted by atomic mass is 10.1. The number of hydrogen-bond acceptors (Lipinski definition) is 2. The molecular weight excluding hydrogens is 293 g/mol. The fraction of sp³-hybridized carbons (Fsp3) is 0.250. The molecule has 0 amide bonds. The molecule has 0 fully saturated rings. The first-order valence-electron chi connectivity index (χ1n) is 6.45. The van der Waals surface area contributed by atoms with Gasteiger partial charge in [-0.3, -0.25) is 0 Å². The van der Waals surface area contributed by atoms with E-state index in [1.54, 1.807) is 0 Å². The minimum Gasteiger partial charge on any atom is -0.368 e. The molecule has 0 spiro atoms. The van der Waals surface area contributed by atoms with Gasteiger partial charge in [-0.25, -0.2) is 0 Å². The Morgan fingerprint density at radius 2 is 1.50 bits per heavy atom. The first-order chi connectivity index (χ1) is 9.69. The van der Waals surface area contributed by atoms with Crippen LogP contribution in [-0.4, -0.2) is 13.6 Å². The zero-order valence-corrected chi connectivity index (χ0v) is 12.8. The maximum absolute atomic E-state index is 5.99. The van der Waals surface area contributed by atoms with Crippen LogP contribution in [0.2, 0.25) is 10.0 Å². The zero-order chi connectivity index (χ0) is 14.4. The highest BCUT2D eigenvalue weighted by molar-refractivity contribution is 6.30. The van der Waals surface area contributed by atoms with E-state index in [-0.39, 0.29) is 6.10 Å². The van der Waals surface area contributed by atoms with Crippen LogP contribution in [0.3, 0.4) is 0 Å². The van der Waals surface area contributed by atoms with Gasteiger partial charge in [0.15, 0.2) is 0 Å². The van der Waals surface area contributed by atoms with Crippen LogP contribution in [-0.2, 0) is 11.3 Å². The molecule has 0 aliphatic rings. The lowest BCUT2D eigenvalue weighted by molar-refractivity contribution is 0.0411. The van der Waals surface area contributed by atoms with Crippen molar-refractivity contribution in [3.8, 4) is 0 Å². The van der Waals surface area contributed by atoms with Gasteiger partial charge in [-0.2, -0.15) is 0 Å². The number of benzene rings is 2. The molecule has 2 rings (SSSR count). The Hall–Kier alpha value is -1.06. The smallest absolute Gasteiger partial charge is 0.0953 e. The molecule has 0 aromatic heterocycles. The van der Waals surface area contributed by atoms with Gasteiger partial charge >= 0.3 is 0 Å². The van der Waals surface area contributed by atoms with Crippen molar-refractivity contribution in [2.45, 2.75) is 12.7 Å². The quantitative estimate of drug-likeness (QED) is 0.850. The van der Waals surface area contributed by atoms with Gasteiger partial charge in [0, 0.05) is 16.6 Å². The number of halogens is 2. The van der Waals surface area contributed by atoms with Crippen molar-refractivity contribution in [1.82, 2.24) is 5.32 Å². The second-order valence-electron chi connectivity index (χ2n) is 4.54. The Kier molecular flexibility index (Phi) is 5.86. The van der Waals surface area contributed by atoms with E-state index in [2.05, 4.69) is 5.32 Å². The molecule has 2 aromatic rings. The van der Waals surface area contributed by atoms with Crippen LogP contribution < -0.4 is 5.32 Å². The second-order valence-corrected chi connectivity index (χ2v) is 5.41. The van der Waals surface area contributed by atoms with Gasteiger partial charge < -0.3 is 10.1 Å². The van der Waals surface area contributed by atoms with Gasteiger partial charge in [0.25, 0.3) is 0 Å². The molecule has 1 atom stereocenters. The first-order valence-corrected chi connectivity index (χ1v) is 7.21. The fourth-order valence-electron chi connectivity index (χ4n) is 1.91. The first kappa shape index (κ1) is 15.3. The van der Waals surface area contributed by atoms with E-state index in [1.165, 1.54) is 0 Å². The van der Waals surface area contributed by atoms with Crippen molar-refractivity contribution in [2.24, 2.45) is 0 Å². The average molecular weight is 310 g/mol. The Labute approximate surface area is 129 Å². The molecule has 2 aromatic carbocycles. The standard InChI is InChI=1S/C16H17Cl2NO/c1-19-10-16(13-4-8-15(18)9-5-13)20-11-12-2-6-14(17)7-3-12/h2-9,16,19H,10-11H2,1H3. The van der Waals surface area contributed by atoms with Crippen molar-refractivity contribution in [3.05, 3.63) is 69.7 Å². The lowest BCUT2D eigenvalue weighted by Gasteiger charge is -2.18. The summed E-state index contributed by atoms with van der Waals surface area (Å²) in [5.41, 5.74) is 2.21. The molecule has 4 heteroatoms. The highest BCUT2D eigenvalue weighted by atomic mass is 35.5. The Morgan fingerprint density at radius 1 is 0.950 bits per heavy atom. The van der Waals surface area contributed by atoms with E-state index in [1.807, 2.05) is 55.6 Å². The summed E-state index contributed by atoms with van der Waals surface area (Å²) in [6.45, 7) is 1.29. The summed E-state index contributed by atoms with van der Waals surface area (Å²) in [6.07, 6.45) is -0.00653. The van der Waals surface area contributed by atoms with Crippen LogP contribution in [0.1, 0.15) is 17.2 Å². The number of nitrogens with one attached hydrogen (secondary N) is 1. The van der Waals surface area contributed by atoms with Crippen LogP contribution in [0.15, 0.2) is 48.5 Å². The van der Waals surface area contributed by atoms with Crippen molar-refractivity contribution in [2.75, 3.05) is 13.6 Å². The maximum atomic E-state index is 5.99. The van der Waals surface area contributed by atoms with Crippen molar-refractivity contribution < 1.29 is 4.74 Å². The second kappa shape index (κ2) is 7.65. The number of rotatable bonds is 6. The van der Waals surface area contributed by atoms with Crippen molar-refractivity contribution in [1.29, 1.82) is 0 Å². The SMILES string of the molecule is CNCC(OCc1ccc(Cl)cc1)c1ccc(Cl)cc1. The van der Waals surface area contributed by atoms with Gasteiger partial charge in [0.1, 0.15) is 0 Å². The minimum absolute atomic E-state index is 0.00653. The summed E-state index contributed by atoms with van der Waals surface area (Å²) in [5.74, 6) is 0. The fourth-order valence-corrected chi connectivity index (χ4v) is 2.17. The summed E-state index contributed by atoms with van der Waals surface area (Å²) in [7, 11) is 1.91. The number of ether oxygens (including phenoxy) is 1. The summed E-state index contributed by atoms with van der Waals surface area (Å²) < 4.78 is 5.99. The molecular formula is C16H17Cl2NO. The Morgan fingerprint density at radius 3 is 2.05 bits per heavy atom. The number of hydrogen-bond donors (Lipinski definition) is 1. The van der Waals surface area contributed by atoms with E-state index >= 15 is 0 Å². The summed E-state index contributed by atoms with van der Waals surface area (Å²) in [5, 5.41) is 4.61. The Bertz CT molecular complexity index is 525. The molecule has 20 heavy (non-hydrogen) atoms. The molecule has 0 aliphatic heterocycles. The van der Waals surface area contributed by atoms with E-state index in [4.69, 9.17) is 27.9 Å². The highest BCUT2D eigenvalue weighted by Gasteiger charge is 2.11. The Balaban J connectivity index is 2.02. The number of likely N-dealkylation sites (N-methyl/N-ethyl adjacent to an activating group) is 1. The van der Waals surface area contributed by atoms with Gasteiger partial charge in [0.2, 0.25) is 0 Å². The third-order valence-electron chi connectivity index (χ3n) is 3.00. The van der Waals surface area contributed by atoms with E-state index < -0.39 is 0 Å². The summed E-state index contributed by atoms with van der Waals surface area (Å²) in [6, 6.07) is 15.4. The molecule has 1 N–H and O–H groups in total. The molecule has 0 saturated heterocycles. The third-order valence-corrected chi connectivity index (χ3v) is 3.50. The van der Waals surface area contributed by atoms with Crippen LogP contribution in [0.25, 0.3) is 0 Å². The molecule has 106 valence electrons. The topological polar surface area (TPSA) is 21.3 Å². The van der Waals surface area contributed by atoms with Crippen LogP contribution in [0.5, 0.6) is 0 Å². The predicted octanol–water partition coefficient (Wildman–Crippen LogP) is 4.47. The summed E-state index contributed by atoms with van der Waals surface area (Å²) >= 11 is 11.8. The normalized spacial score (nSPS) is 12.3. The van der Waals surface area contributed by atoms with Crippen molar-refractivity contribution in [3.63, 3.8) is 0 Å².